The number of likely N-dealkylation sites (tertiary alicyclic amines) is 1. The van der Waals surface area contributed by atoms with Crippen molar-refractivity contribution < 1.29 is 8.42 Å². The molecule has 3 N–H and O–H groups in total. The standard InChI is InChI=1S/C23H39N5O2S.HI/c1-24-22(26-17-20-10-9-11-21(16-20)18-31(29,30)25-2)27-19-23(12-5-3-6-13-23)28-14-7-4-8-15-28;/h9-11,16,25H,3-8,12-15,17-19H2,1-2H3,(H2,24,26,27);1H. The monoisotopic (exact) mass is 577 g/mol. The number of halogens is 1. The first-order chi connectivity index (χ1) is 15.0. The Hall–Kier alpha value is -0.910. The number of benzene rings is 1. The highest BCUT2D eigenvalue weighted by Gasteiger charge is 2.38. The summed E-state index contributed by atoms with van der Waals surface area (Å²) in [7, 11) is -0.0260. The van der Waals surface area contributed by atoms with E-state index in [1.165, 1.54) is 71.5 Å². The number of piperidine rings is 1. The number of hydrogen-bond donors (Lipinski definition) is 3. The van der Waals surface area contributed by atoms with E-state index >= 15 is 0 Å². The Morgan fingerprint density at radius 1 is 1.03 bits per heavy atom. The lowest BCUT2D eigenvalue weighted by Gasteiger charge is -2.48. The van der Waals surface area contributed by atoms with Gasteiger partial charge >= 0.3 is 0 Å². The van der Waals surface area contributed by atoms with Crippen LogP contribution >= 0.6 is 24.0 Å². The van der Waals surface area contributed by atoms with Gasteiger partial charge in [-0.2, -0.15) is 0 Å². The van der Waals surface area contributed by atoms with Gasteiger partial charge in [0, 0.05) is 25.7 Å². The lowest BCUT2D eigenvalue weighted by molar-refractivity contribution is 0.0368. The summed E-state index contributed by atoms with van der Waals surface area (Å²) in [5.41, 5.74) is 2.07. The number of nitrogens with zero attached hydrogens (tertiary/aromatic N) is 2. The lowest BCUT2D eigenvalue weighted by atomic mass is 9.79. The van der Waals surface area contributed by atoms with Crippen molar-refractivity contribution in [2.24, 2.45) is 4.99 Å². The van der Waals surface area contributed by atoms with Gasteiger partial charge in [-0.05, 0) is 56.9 Å². The smallest absolute Gasteiger partial charge is 0.215 e. The maximum Gasteiger partial charge on any atom is 0.215 e. The van der Waals surface area contributed by atoms with E-state index in [1.807, 2.05) is 24.3 Å². The second-order valence-corrected chi connectivity index (χ2v) is 10.8. The Morgan fingerprint density at radius 2 is 1.69 bits per heavy atom. The predicted octanol–water partition coefficient (Wildman–Crippen LogP) is 3.21. The maximum atomic E-state index is 11.8. The summed E-state index contributed by atoms with van der Waals surface area (Å²) in [6.45, 7) is 3.96. The molecule has 32 heavy (non-hydrogen) atoms. The van der Waals surface area contributed by atoms with Crippen molar-refractivity contribution in [3.8, 4) is 0 Å². The fraction of sp³-hybridized carbons (Fsp3) is 0.696. The Morgan fingerprint density at radius 3 is 2.34 bits per heavy atom. The molecule has 0 radical (unpaired) electrons. The fourth-order valence-corrected chi connectivity index (χ4v) is 5.72. The molecule has 3 rings (SSSR count). The molecule has 1 aliphatic carbocycles. The number of sulfonamides is 1. The molecule has 0 aromatic heterocycles. The van der Waals surface area contributed by atoms with Crippen molar-refractivity contribution >= 4 is 40.0 Å². The average molecular weight is 578 g/mol. The third-order valence-corrected chi connectivity index (χ3v) is 8.07. The van der Waals surface area contributed by atoms with Crippen LogP contribution in [0.5, 0.6) is 0 Å². The molecule has 0 unspecified atom stereocenters. The number of rotatable bonds is 8. The highest BCUT2D eigenvalue weighted by Crippen LogP contribution is 2.35. The minimum absolute atomic E-state index is 0. The second-order valence-electron chi connectivity index (χ2n) is 8.90. The molecular formula is C23H40IN5O2S. The highest BCUT2D eigenvalue weighted by atomic mass is 127. The van der Waals surface area contributed by atoms with Crippen LogP contribution in [-0.4, -0.2) is 58.5 Å². The number of aliphatic imine (C=N–C) groups is 1. The van der Waals surface area contributed by atoms with E-state index in [0.29, 0.717) is 6.54 Å². The number of nitrogens with one attached hydrogen (secondary N) is 3. The van der Waals surface area contributed by atoms with Gasteiger partial charge in [-0.25, -0.2) is 13.1 Å². The van der Waals surface area contributed by atoms with E-state index in [1.54, 1.807) is 7.05 Å². The molecule has 0 bridgehead atoms. The third kappa shape index (κ3) is 7.85. The van der Waals surface area contributed by atoms with Crippen LogP contribution in [0.25, 0.3) is 0 Å². The summed E-state index contributed by atoms with van der Waals surface area (Å²) < 4.78 is 26.0. The molecule has 1 aromatic rings. The van der Waals surface area contributed by atoms with Crippen molar-refractivity contribution in [1.82, 2.24) is 20.3 Å². The number of hydrogen-bond acceptors (Lipinski definition) is 4. The van der Waals surface area contributed by atoms with Crippen LogP contribution in [0.3, 0.4) is 0 Å². The van der Waals surface area contributed by atoms with Crippen molar-refractivity contribution in [2.75, 3.05) is 33.7 Å². The van der Waals surface area contributed by atoms with Crippen molar-refractivity contribution in [3.05, 3.63) is 35.4 Å². The number of guanidine groups is 1. The van der Waals surface area contributed by atoms with Crippen LogP contribution < -0.4 is 15.4 Å². The topological polar surface area (TPSA) is 85.8 Å². The summed E-state index contributed by atoms with van der Waals surface area (Å²) in [6.07, 6.45) is 10.5. The van der Waals surface area contributed by atoms with Gasteiger partial charge in [0.15, 0.2) is 5.96 Å². The molecule has 1 heterocycles. The molecule has 1 aliphatic heterocycles. The van der Waals surface area contributed by atoms with E-state index < -0.39 is 10.0 Å². The first-order valence-electron chi connectivity index (χ1n) is 11.6. The largest absolute Gasteiger partial charge is 0.355 e. The van der Waals surface area contributed by atoms with Gasteiger partial charge in [0.2, 0.25) is 10.0 Å². The zero-order valence-corrected chi connectivity index (χ0v) is 22.7. The molecule has 2 fully saturated rings. The molecule has 182 valence electrons. The molecular weight excluding hydrogens is 537 g/mol. The van der Waals surface area contributed by atoms with E-state index in [9.17, 15) is 8.42 Å². The summed E-state index contributed by atoms with van der Waals surface area (Å²) in [5, 5.41) is 7.01. The van der Waals surface area contributed by atoms with Gasteiger partial charge in [-0.3, -0.25) is 9.89 Å². The zero-order chi connectivity index (χ0) is 22.2. The van der Waals surface area contributed by atoms with E-state index in [2.05, 4.69) is 25.2 Å². The molecule has 7 nitrogen and oxygen atoms in total. The molecule has 1 saturated carbocycles. The van der Waals surface area contributed by atoms with Crippen LogP contribution in [-0.2, 0) is 22.3 Å². The minimum atomic E-state index is -3.28. The molecule has 2 aliphatic rings. The van der Waals surface area contributed by atoms with Gasteiger partial charge < -0.3 is 10.6 Å². The van der Waals surface area contributed by atoms with Crippen LogP contribution in [0.1, 0.15) is 62.5 Å². The normalized spacial score (nSPS) is 19.8. The van der Waals surface area contributed by atoms with Gasteiger partial charge in [0.1, 0.15) is 0 Å². The summed E-state index contributed by atoms with van der Waals surface area (Å²) in [5.74, 6) is 0.790. The zero-order valence-electron chi connectivity index (χ0n) is 19.5. The van der Waals surface area contributed by atoms with E-state index in [-0.39, 0.29) is 35.3 Å². The molecule has 0 amide bonds. The maximum absolute atomic E-state index is 11.8. The van der Waals surface area contributed by atoms with Gasteiger partial charge in [0.25, 0.3) is 0 Å². The van der Waals surface area contributed by atoms with Crippen LogP contribution in [0, 0.1) is 0 Å². The van der Waals surface area contributed by atoms with Crippen LogP contribution in [0.15, 0.2) is 29.3 Å². The minimum Gasteiger partial charge on any atom is -0.355 e. The van der Waals surface area contributed by atoms with Gasteiger partial charge in [0.05, 0.1) is 5.75 Å². The van der Waals surface area contributed by atoms with Crippen LogP contribution in [0.4, 0.5) is 0 Å². The first-order valence-corrected chi connectivity index (χ1v) is 13.3. The quantitative estimate of drug-likeness (QED) is 0.251. The Kier molecular flexibility index (Phi) is 11.2. The average Bonchev–Trinajstić information content (AvgIpc) is 2.80. The van der Waals surface area contributed by atoms with E-state index in [0.717, 1.165) is 23.6 Å². The molecule has 0 atom stereocenters. The van der Waals surface area contributed by atoms with Crippen molar-refractivity contribution in [3.63, 3.8) is 0 Å². The van der Waals surface area contributed by atoms with E-state index in [4.69, 9.17) is 0 Å². The third-order valence-electron chi connectivity index (χ3n) is 6.74. The summed E-state index contributed by atoms with van der Waals surface area (Å²) >= 11 is 0. The predicted molar refractivity (Wildman–Crippen MR) is 143 cm³/mol. The first kappa shape index (κ1) is 27.3. The molecule has 1 aromatic carbocycles. The highest BCUT2D eigenvalue weighted by molar-refractivity contribution is 14.0. The summed E-state index contributed by atoms with van der Waals surface area (Å²) in [4.78, 5) is 7.17. The van der Waals surface area contributed by atoms with Crippen LogP contribution in [0.2, 0.25) is 0 Å². The lowest BCUT2D eigenvalue weighted by Crippen LogP contribution is -2.59. The van der Waals surface area contributed by atoms with Gasteiger partial charge in [-0.1, -0.05) is 49.9 Å². The Bertz CT molecular complexity index is 835. The SMILES string of the molecule is CN=C(NCc1cccc(CS(=O)(=O)NC)c1)NCC1(N2CCCCC2)CCCCC1.I. The van der Waals surface area contributed by atoms with Gasteiger partial charge in [-0.15, -0.1) is 24.0 Å². The molecule has 1 saturated heterocycles. The van der Waals surface area contributed by atoms with Crippen molar-refractivity contribution in [1.29, 1.82) is 0 Å². The Balaban J connectivity index is 0.00000363. The molecule has 0 spiro atoms. The van der Waals surface area contributed by atoms with Crippen molar-refractivity contribution in [2.45, 2.75) is 69.2 Å². The summed E-state index contributed by atoms with van der Waals surface area (Å²) in [6, 6.07) is 7.69. The fourth-order valence-electron chi connectivity index (χ4n) is 4.96. The molecule has 9 heteroatoms. The Labute approximate surface area is 211 Å². The second kappa shape index (κ2) is 13.1.